The van der Waals surface area contributed by atoms with Crippen molar-refractivity contribution in [2.24, 2.45) is 0 Å². The van der Waals surface area contributed by atoms with Gasteiger partial charge in [-0.2, -0.15) is 0 Å². The van der Waals surface area contributed by atoms with Gasteiger partial charge in [0.1, 0.15) is 12.2 Å². The van der Waals surface area contributed by atoms with Crippen LogP contribution in [0.3, 0.4) is 0 Å². The minimum absolute atomic E-state index is 0.00527. The summed E-state index contributed by atoms with van der Waals surface area (Å²) in [6, 6.07) is 9.07. The van der Waals surface area contributed by atoms with Gasteiger partial charge >= 0.3 is 12.1 Å². The Bertz CT molecular complexity index is 1020. The maximum Gasteiger partial charge on any atom is 0.410 e. The number of ether oxygens (including phenoxy) is 2. The first-order valence-electron chi connectivity index (χ1n) is 14.4. The Morgan fingerprint density at radius 2 is 1.23 bits per heavy atom. The van der Waals surface area contributed by atoms with Gasteiger partial charge in [0.25, 0.3) is 0 Å². The van der Waals surface area contributed by atoms with E-state index in [1.54, 1.807) is 4.90 Å². The lowest BCUT2D eigenvalue weighted by Gasteiger charge is -2.31. The van der Waals surface area contributed by atoms with Crippen LogP contribution < -0.4 is 0 Å². The van der Waals surface area contributed by atoms with Crippen molar-refractivity contribution in [3.8, 4) is 0 Å². The molecule has 3 atom stereocenters. The third kappa shape index (κ3) is 7.96. The molecule has 0 aliphatic carbocycles. The predicted molar refractivity (Wildman–Crippen MR) is 146 cm³/mol. The number of hydrogen-bond acceptors (Lipinski definition) is 6. The fraction of sp³-hybridized carbons (Fsp3) is 0.667. The van der Waals surface area contributed by atoms with E-state index in [0.29, 0.717) is 19.6 Å². The molecule has 9 nitrogen and oxygen atoms in total. The van der Waals surface area contributed by atoms with E-state index in [2.05, 4.69) is 0 Å². The molecule has 9 heteroatoms. The van der Waals surface area contributed by atoms with Gasteiger partial charge in [0.15, 0.2) is 0 Å². The molecule has 3 fully saturated rings. The number of carbonyl (C=O) groups is 4. The molecule has 1 aromatic rings. The summed E-state index contributed by atoms with van der Waals surface area (Å²) in [5.74, 6) is -0.310. The molecule has 4 rings (SSSR count). The van der Waals surface area contributed by atoms with Crippen molar-refractivity contribution in [3.05, 3.63) is 35.9 Å². The third-order valence-corrected chi connectivity index (χ3v) is 7.87. The fourth-order valence-electron chi connectivity index (χ4n) is 5.99. The number of rotatable bonds is 8. The van der Waals surface area contributed by atoms with E-state index < -0.39 is 5.60 Å². The SMILES string of the molecule is CC(C)(C)OC(=O)N1CCC[C@H]1CC(=O)N1CCC[C@H]1CC(=O)N1CCC[C@H]1CC(=O)OCc1ccccc1. The van der Waals surface area contributed by atoms with Gasteiger partial charge in [0.05, 0.1) is 6.42 Å². The lowest BCUT2D eigenvalue weighted by atomic mass is 10.1. The van der Waals surface area contributed by atoms with Crippen molar-refractivity contribution in [2.45, 2.75) is 109 Å². The van der Waals surface area contributed by atoms with Crippen LogP contribution in [-0.4, -0.2) is 81.9 Å². The summed E-state index contributed by atoms with van der Waals surface area (Å²) in [5, 5.41) is 0. The summed E-state index contributed by atoms with van der Waals surface area (Å²) in [7, 11) is 0. The smallest absolute Gasteiger partial charge is 0.410 e. The molecule has 0 bridgehead atoms. The van der Waals surface area contributed by atoms with Crippen LogP contribution in [0.1, 0.15) is 84.1 Å². The highest BCUT2D eigenvalue weighted by atomic mass is 16.6. The largest absolute Gasteiger partial charge is 0.461 e. The lowest BCUT2D eigenvalue weighted by molar-refractivity contribution is -0.147. The van der Waals surface area contributed by atoms with Gasteiger partial charge in [-0.15, -0.1) is 0 Å². The molecule has 0 aromatic heterocycles. The lowest BCUT2D eigenvalue weighted by Crippen LogP contribution is -2.45. The molecule has 0 N–H and O–H groups in total. The third-order valence-electron chi connectivity index (χ3n) is 7.87. The number of benzene rings is 1. The Kier molecular flexibility index (Phi) is 9.51. The zero-order valence-corrected chi connectivity index (χ0v) is 23.6. The maximum atomic E-state index is 13.3. The molecule has 0 unspecified atom stereocenters. The number of amides is 3. The number of hydrogen-bond donors (Lipinski definition) is 0. The van der Waals surface area contributed by atoms with E-state index >= 15 is 0 Å². The van der Waals surface area contributed by atoms with E-state index in [0.717, 1.165) is 44.1 Å². The summed E-state index contributed by atoms with van der Waals surface area (Å²) in [6.45, 7) is 7.60. The summed E-state index contributed by atoms with van der Waals surface area (Å²) in [6.07, 6.45) is 5.25. The monoisotopic (exact) mass is 541 g/mol. The first-order chi connectivity index (χ1) is 18.6. The second-order valence-corrected chi connectivity index (χ2v) is 12.0. The van der Waals surface area contributed by atoms with Crippen molar-refractivity contribution < 1.29 is 28.7 Å². The van der Waals surface area contributed by atoms with Gasteiger partial charge in [-0.05, 0) is 64.9 Å². The van der Waals surface area contributed by atoms with Crippen molar-refractivity contribution in [3.63, 3.8) is 0 Å². The zero-order valence-electron chi connectivity index (χ0n) is 23.6. The Morgan fingerprint density at radius 1 is 0.744 bits per heavy atom. The second-order valence-electron chi connectivity index (χ2n) is 12.0. The molecule has 3 saturated heterocycles. The molecule has 39 heavy (non-hydrogen) atoms. The van der Waals surface area contributed by atoms with Crippen molar-refractivity contribution in [2.75, 3.05) is 19.6 Å². The van der Waals surface area contributed by atoms with Gasteiger partial charge in [0, 0.05) is 50.6 Å². The highest BCUT2D eigenvalue weighted by Crippen LogP contribution is 2.29. The highest BCUT2D eigenvalue weighted by Gasteiger charge is 2.38. The van der Waals surface area contributed by atoms with Crippen molar-refractivity contribution in [1.82, 2.24) is 14.7 Å². The van der Waals surface area contributed by atoms with Gasteiger partial charge in [-0.1, -0.05) is 30.3 Å². The van der Waals surface area contributed by atoms with E-state index in [1.807, 2.05) is 60.9 Å². The van der Waals surface area contributed by atoms with Crippen LogP contribution in [0.2, 0.25) is 0 Å². The Hall–Kier alpha value is -3.10. The van der Waals surface area contributed by atoms with Crippen LogP contribution in [0, 0.1) is 0 Å². The molecule has 3 amide bonds. The molecule has 3 aliphatic heterocycles. The van der Waals surface area contributed by atoms with Crippen LogP contribution in [0.5, 0.6) is 0 Å². The topological polar surface area (TPSA) is 96.5 Å². The molecule has 0 saturated carbocycles. The summed E-state index contributed by atoms with van der Waals surface area (Å²) < 4.78 is 11.0. The number of carbonyl (C=O) groups excluding carboxylic acids is 4. The van der Waals surface area contributed by atoms with Crippen LogP contribution in [0.15, 0.2) is 30.3 Å². The first kappa shape index (κ1) is 28.9. The van der Waals surface area contributed by atoms with Crippen molar-refractivity contribution >= 4 is 23.9 Å². The molecule has 0 spiro atoms. The van der Waals surface area contributed by atoms with Gasteiger partial charge in [-0.25, -0.2) is 4.79 Å². The standard InChI is InChI=1S/C30H43N3O6/c1-30(2,3)39-29(37)33-17-9-13-24(33)19-27(35)31-15-7-12-23(31)18-26(34)32-16-8-14-25(32)20-28(36)38-21-22-10-5-4-6-11-22/h4-6,10-11,23-25H,7-9,12-21H2,1-3H3/t23-,24-,25-/m0/s1. The van der Waals surface area contributed by atoms with Crippen LogP contribution in [-0.2, 0) is 30.5 Å². The first-order valence-corrected chi connectivity index (χ1v) is 14.4. The van der Waals surface area contributed by atoms with E-state index in [4.69, 9.17) is 9.47 Å². The number of esters is 1. The normalized spacial score (nSPS) is 23.3. The Morgan fingerprint density at radius 3 is 1.77 bits per heavy atom. The molecule has 0 radical (unpaired) electrons. The fourth-order valence-corrected chi connectivity index (χ4v) is 5.99. The van der Waals surface area contributed by atoms with Crippen LogP contribution >= 0.6 is 0 Å². The van der Waals surface area contributed by atoms with Crippen LogP contribution in [0.4, 0.5) is 4.79 Å². The van der Waals surface area contributed by atoms with E-state index in [9.17, 15) is 19.2 Å². The average molecular weight is 542 g/mol. The summed E-state index contributed by atoms with van der Waals surface area (Å²) >= 11 is 0. The van der Waals surface area contributed by atoms with Gasteiger partial charge < -0.3 is 24.2 Å². The highest BCUT2D eigenvalue weighted by molar-refractivity contribution is 5.82. The van der Waals surface area contributed by atoms with E-state index in [-0.39, 0.29) is 67.9 Å². The van der Waals surface area contributed by atoms with E-state index in [1.165, 1.54) is 0 Å². The molecule has 214 valence electrons. The van der Waals surface area contributed by atoms with Gasteiger partial charge in [0.2, 0.25) is 11.8 Å². The number of nitrogens with zero attached hydrogens (tertiary/aromatic N) is 3. The summed E-state index contributed by atoms with van der Waals surface area (Å²) in [4.78, 5) is 57.1. The zero-order chi connectivity index (χ0) is 28.0. The second kappa shape index (κ2) is 12.8. The minimum atomic E-state index is -0.583. The van der Waals surface area contributed by atoms with Crippen molar-refractivity contribution in [1.29, 1.82) is 0 Å². The molecular formula is C30H43N3O6. The Balaban J connectivity index is 1.27. The average Bonchev–Trinajstić information content (AvgIpc) is 3.63. The maximum absolute atomic E-state index is 13.3. The number of likely N-dealkylation sites (tertiary alicyclic amines) is 3. The minimum Gasteiger partial charge on any atom is -0.461 e. The van der Waals surface area contributed by atoms with Gasteiger partial charge in [-0.3, -0.25) is 14.4 Å². The molecule has 3 heterocycles. The molecule has 3 aliphatic rings. The van der Waals surface area contributed by atoms with Crippen LogP contribution in [0.25, 0.3) is 0 Å². The predicted octanol–water partition coefficient (Wildman–Crippen LogP) is 4.28. The Labute approximate surface area is 231 Å². The molecular weight excluding hydrogens is 498 g/mol. The quantitative estimate of drug-likeness (QED) is 0.456. The molecule has 1 aromatic carbocycles. The summed E-state index contributed by atoms with van der Waals surface area (Å²) in [5.41, 5.74) is 0.351.